The maximum Gasteiger partial charge on any atom is 0.243 e. The fourth-order valence-electron chi connectivity index (χ4n) is 2.82. The van der Waals surface area contributed by atoms with Gasteiger partial charge in [0.05, 0.1) is 6.61 Å². The molecule has 1 aromatic carbocycles. The number of hydrogen-bond donors (Lipinski definition) is 1. The minimum absolute atomic E-state index is 0.142. The van der Waals surface area contributed by atoms with Gasteiger partial charge in [-0.15, -0.1) is 0 Å². The van der Waals surface area contributed by atoms with Crippen LogP contribution in [0.4, 0.5) is 0 Å². The van der Waals surface area contributed by atoms with Crippen LogP contribution in [0.2, 0.25) is 0 Å². The monoisotopic (exact) mass is 345 g/mol. The van der Waals surface area contributed by atoms with Crippen molar-refractivity contribution in [1.29, 1.82) is 0 Å². The van der Waals surface area contributed by atoms with Gasteiger partial charge in [-0.05, 0) is 48.4 Å². The Morgan fingerprint density at radius 2 is 1.88 bits per heavy atom. The largest absolute Gasteiger partial charge is 0.490 e. The average Bonchev–Trinajstić information content (AvgIpc) is 3.45. The van der Waals surface area contributed by atoms with Crippen molar-refractivity contribution >= 4 is 5.91 Å². The molecule has 1 aliphatic rings. The third-order valence-electron chi connectivity index (χ3n) is 4.37. The highest BCUT2D eigenvalue weighted by Crippen LogP contribution is 2.30. The van der Waals surface area contributed by atoms with Gasteiger partial charge in [0.15, 0.2) is 0 Å². The minimum atomic E-state index is -0.142. The van der Waals surface area contributed by atoms with Crippen molar-refractivity contribution in [2.24, 2.45) is 0 Å². The number of carbonyl (C=O) groups excluding carboxylic acids is 1. The van der Waals surface area contributed by atoms with E-state index < -0.39 is 0 Å². The Morgan fingerprint density at radius 3 is 2.36 bits per heavy atom. The van der Waals surface area contributed by atoms with Crippen molar-refractivity contribution in [1.82, 2.24) is 5.32 Å². The number of nitrogens with one attached hydrogen (secondary N) is 1. The van der Waals surface area contributed by atoms with E-state index in [-0.39, 0.29) is 12.0 Å². The standard InChI is InChI=1S/C21H31NO3/c1-4-7-9-17-11-16(13-22-20(23)6-3)12-18(10-8-5-2)21(17)25-15-19-14-24-19/h6,11-12,19H,3-5,7-10,13-15H2,1-2H3,(H,22,23). The zero-order chi connectivity index (χ0) is 18.1. The van der Waals surface area contributed by atoms with Crippen molar-refractivity contribution < 1.29 is 14.3 Å². The van der Waals surface area contributed by atoms with Gasteiger partial charge < -0.3 is 14.8 Å². The second-order valence-electron chi connectivity index (χ2n) is 6.64. The lowest BCUT2D eigenvalue weighted by Gasteiger charge is -2.18. The van der Waals surface area contributed by atoms with Crippen molar-refractivity contribution in [3.63, 3.8) is 0 Å². The predicted molar refractivity (Wildman–Crippen MR) is 101 cm³/mol. The number of ether oxygens (including phenoxy) is 2. The van der Waals surface area contributed by atoms with Gasteiger partial charge in [-0.3, -0.25) is 4.79 Å². The summed E-state index contributed by atoms with van der Waals surface area (Å²) in [7, 11) is 0. The molecule has 138 valence electrons. The maximum absolute atomic E-state index is 11.5. The van der Waals surface area contributed by atoms with Gasteiger partial charge >= 0.3 is 0 Å². The third-order valence-corrected chi connectivity index (χ3v) is 4.37. The topological polar surface area (TPSA) is 50.9 Å². The minimum Gasteiger partial charge on any atom is -0.490 e. The molecule has 1 amide bonds. The number of hydrogen-bond acceptors (Lipinski definition) is 3. The lowest BCUT2D eigenvalue weighted by molar-refractivity contribution is -0.116. The van der Waals surface area contributed by atoms with Crippen LogP contribution in [0, 0.1) is 0 Å². The molecular formula is C21H31NO3. The first-order chi connectivity index (χ1) is 12.2. The molecule has 1 saturated heterocycles. The Hall–Kier alpha value is -1.81. The van der Waals surface area contributed by atoms with E-state index in [1.807, 2.05) is 0 Å². The van der Waals surface area contributed by atoms with Crippen LogP contribution < -0.4 is 10.1 Å². The number of benzene rings is 1. The van der Waals surface area contributed by atoms with Crippen LogP contribution in [-0.4, -0.2) is 25.2 Å². The van der Waals surface area contributed by atoms with Crippen LogP contribution in [0.25, 0.3) is 0 Å². The molecule has 25 heavy (non-hydrogen) atoms. The number of unbranched alkanes of at least 4 members (excludes halogenated alkanes) is 2. The number of rotatable bonds is 12. The molecule has 0 aromatic heterocycles. The Morgan fingerprint density at radius 1 is 1.28 bits per heavy atom. The molecule has 0 radical (unpaired) electrons. The van der Waals surface area contributed by atoms with Crippen LogP contribution in [0.15, 0.2) is 24.8 Å². The first-order valence-electron chi connectivity index (χ1n) is 9.47. The van der Waals surface area contributed by atoms with Crippen molar-refractivity contribution in [2.45, 2.75) is 65.0 Å². The molecule has 4 heteroatoms. The SMILES string of the molecule is C=CC(=O)NCc1cc(CCCC)c(OCC2CO2)c(CCCC)c1. The Bertz CT molecular complexity index is 549. The quantitative estimate of drug-likeness (QED) is 0.461. The van der Waals surface area contributed by atoms with Gasteiger partial charge in [-0.25, -0.2) is 0 Å². The summed E-state index contributed by atoms with van der Waals surface area (Å²) in [6.07, 6.45) is 8.12. The summed E-state index contributed by atoms with van der Waals surface area (Å²) in [5, 5.41) is 2.88. The van der Waals surface area contributed by atoms with E-state index in [1.165, 1.54) is 17.2 Å². The molecule has 1 N–H and O–H groups in total. The molecular weight excluding hydrogens is 314 g/mol. The summed E-state index contributed by atoms with van der Waals surface area (Å²) in [4.78, 5) is 11.5. The van der Waals surface area contributed by atoms with Crippen LogP contribution >= 0.6 is 0 Å². The first-order valence-corrected chi connectivity index (χ1v) is 9.47. The molecule has 1 aliphatic heterocycles. The molecule has 4 nitrogen and oxygen atoms in total. The highest BCUT2D eigenvalue weighted by molar-refractivity contribution is 5.86. The highest BCUT2D eigenvalue weighted by Gasteiger charge is 2.24. The fourth-order valence-corrected chi connectivity index (χ4v) is 2.82. The molecule has 1 atom stereocenters. The zero-order valence-electron chi connectivity index (χ0n) is 15.6. The van der Waals surface area contributed by atoms with E-state index in [0.29, 0.717) is 13.2 Å². The Balaban J connectivity index is 2.23. The van der Waals surface area contributed by atoms with Crippen LogP contribution in [0.1, 0.15) is 56.2 Å². The zero-order valence-corrected chi connectivity index (χ0v) is 15.6. The number of amides is 1. The van der Waals surface area contributed by atoms with E-state index in [4.69, 9.17) is 9.47 Å². The van der Waals surface area contributed by atoms with Gasteiger partial charge in [0.2, 0.25) is 5.91 Å². The molecule has 2 rings (SSSR count). The van der Waals surface area contributed by atoms with Crippen molar-refractivity contribution in [3.8, 4) is 5.75 Å². The molecule has 1 unspecified atom stereocenters. The van der Waals surface area contributed by atoms with E-state index in [1.54, 1.807) is 0 Å². The summed E-state index contributed by atoms with van der Waals surface area (Å²) in [6.45, 7) is 9.86. The molecule has 1 aromatic rings. The first kappa shape index (κ1) is 19.5. The van der Waals surface area contributed by atoms with Gasteiger partial charge in [0.25, 0.3) is 0 Å². The average molecular weight is 345 g/mol. The highest BCUT2D eigenvalue weighted by atomic mass is 16.6. The Labute approximate surface area is 151 Å². The van der Waals surface area contributed by atoms with E-state index >= 15 is 0 Å². The van der Waals surface area contributed by atoms with Crippen LogP contribution in [0.5, 0.6) is 5.75 Å². The lowest BCUT2D eigenvalue weighted by Crippen LogP contribution is -2.20. The molecule has 1 heterocycles. The lowest BCUT2D eigenvalue weighted by atomic mass is 9.96. The summed E-state index contributed by atoms with van der Waals surface area (Å²) in [5.74, 6) is 0.896. The predicted octanol–water partition coefficient (Wildman–Crippen LogP) is 3.95. The summed E-state index contributed by atoms with van der Waals surface area (Å²) in [5.41, 5.74) is 3.63. The van der Waals surface area contributed by atoms with Gasteiger partial charge in [-0.2, -0.15) is 0 Å². The molecule has 0 saturated carbocycles. The molecule has 0 spiro atoms. The Kier molecular flexibility index (Phi) is 7.99. The summed E-state index contributed by atoms with van der Waals surface area (Å²) < 4.78 is 11.5. The van der Waals surface area contributed by atoms with Crippen LogP contribution in [-0.2, 0) is 28.9 Å². The second kappa shape index (κ2) is 10.2. The fraction of sp³-hybridized carbons (Fsp3) is 0.571. The van der Waals surface area contributed by atoms with Crippen molar-refractivity contribution in [2.75, 3.05) is 13.2 Å². The van der Waals surface area contributed by atoms with Crippen molar-refractivity contribution in [3.05, 3.63) is 41.5 Å². The summed E-state index contributed by atoms with van der Waals surface area (Å²) >= 11 is 0. The molecule has 0 bridgehead atoms. The maximum atomic E-state index is 11.5. The number of epoxide rings is 1. The normalized spacial score (nSPS) is 15.7. The number of carbonyl (C=O) groups is 1. The number of aryl methyl sites for hydroxylation is 2. The smallest absolute Gasteiger partial charge is 0.243 e. The van der Waals surface area contributed by atoms with Gasteiger partial charge in [-0.1, -0.05) is 45.4 Å². The van der Waals surface area contributed by atoms with Crippen LogP contribution in [0.3, 0.4) is 0 Å². The summed E-state index contributed by atoms with van der Waals surface area (Å²) in [6, 6.07) is 4.36. The van der Waals surface area contributed by atoms with E-state index in [2.05, 4.69) is 37.9 Å². The van der Waals surface area contributed by atoms with E-state index in [0.717, 1.165) is 56.4 Å². The van der Waals surface area contributed by atoms with Gasteiger partial charge in [0, 0.05) is 6.54 Å². The van der Waals surface area contributed by atoms with Gasteiger partial charge in [0.1, 0.15) is 18.5 Å². The third kappa shape index (κ3) is 6.54. The molecule has 0 aliphatic carbocycles. The van der Waals surface area contributed by atoms with E-state index in [9.17, 15) is 4.79 Å². The second-order valence-corrected chi connectivity index (χ2v) is 6.64. The molecule has 1 fully saturated rings.